The van der Waals surface area contributed by atoms with Gasteiger partial charge in [-0.1, -0.05) is 25.2 Å². The van der Waals surface area contributed by atoms with Gasteiger partial charge in [0.25, 0.3) is 5.91 Å². The van der Waals surface area contributed by atoms with Crippen LogP contribution < -0.4 is 11.1 Å². The van der Waals surface area contributed by atoms with E-state index in [9.17, 15) is 14.9 Å². The number of carbonyl (C=O) groups excluding carboxylic acids is 1. The highest BCUT2D eigenvalue weighted by Gasteiger charge is 2.27. The molecule has 1 aromatic heterocycles. The lowest BCUT2D eigenvalue weighted by Crippen LogP contribution is -2.52. The Morgan fingerprint density at radius 3 is 2.68 bits per heavy atom. The van der Waals surface area contributed by atoms with Crippen molar-refractivity contribution >= 4 is 22.2 Å². The van der Waals surface area contributed by atoms with Crippen LogP contribution in [0.1, 0.15) is 37.6 Å². The molecule has 0 aliphatic carbocycles. The van der Waals surface area contributed by atoms with Gasteiger partial charge in [-0.15, -0.1) is 0 Å². The molecule has 0 aliphatic rings. The van der Waals surface area contributed by atoms with E-state index in [-0.39, 0.29) is 10.9 Å². The number of amides is 1. The Hall–Kier alpha value is -1.47. The summed E-state index contributed by atoms with van der Waals surface area (Å²) in [6.45, 7) is 6.31. The van der Waals surface area contributed by atoms with Crippen molar-refractivity contribution in [2.75, 3.05) is 6.54 Å². The summed E-state index contributed by atoms with van der Waals surface area (Å²) < 4.78 is 0. The van der Waals surface area contributed by atoms with Crippen molar-refractivity contribution in [1.29, 1.82) is 0 Å². The second-order valence-electron chi connectivity index (χ2n) is 5.25. The van der Waals surface area contributed by atoms with Crippen LogP contribution in [-0.2, 0) is 0 Å². The van der Waals surface area contributed by atoms with E-state index in [4.69, 9.17) is 5.73 Å². The fourth-order valence-corrected chi connectivity index (χ4v) is 2.68. The summed E-state index contributed by atoms with van der Waals surface area (Å²) in [5, 5.41) is 14.9. The molecule has 6 nitrogen and oxygen atoms in total. The standard InChI is InChI=1S/C12H19N3O3S/c1-8(2)5-12(3,7-13)14-11(16)9-4-10(15(17)18)19-6-9/h4,6,8H,5,7,13H2,1-3H3,(H,14,16). The second kappa shape index (κ2) is 6.12. The molecule has 0 saturated heterocycles. The number of nitrogens with two attached hydrogens (primary N) is 1. The summed E-state index contributed by atoms with van der Waals surface area (Å²) in [7, 11) is 0. The Bertz CT molecular complexity index is 473. The van der Waals surface area contributed by atoms with Crippen molar-refractivity contribution in [2.24, 2.45) is 11.7 Å². The molecule has 0 saturated carbocycles. The average Bonchev–Trinajstić information content (AvgIpc) is 2.77. The lowest BCUT2D eigenvalue weighted by molar-refractivity contribution is -0.380. The van der Waals surface area contributed by atoms with Gasteiger partial charge in [0.1, 0.15) is 0 Å². The molecule has 1 rings (SSSR count). The zero-order chi connectivity index (χ0) is 14.6. The number of nitrogens with one attached hydrogen (secondary N) is 1. The van der Waals surface area contributed by atoms with E-state index in [0.29, 0.717) is 18.0 Å². The van der Waals surface area contributed by atoms with Crippen LogP contribution in [-0.4, -0.2) is 22.9 Å². The summed E-state index contributed by atoms with van der Waals surface area (Å²) in [6, 6.07) is 1.28. The fraction of sp³-hybridized carbons (Fsp3) is 0.583. The summed E-state index contributed by atoms with van der Waals surface area (Å²) in [4.78, 5) is 22.1. The monoisotopic (exact) mass is 285 g/mol. The predicted octanol–water partition coefficient (Wildman–Crippen LogP) is 2.15. The van der Waals surface area contributed by atoms with Gasteiger partial charge in [-0.3, -0.25) is 14.9 Å². The Morgan fingerprint density at radius 2 is 2.26 bits per heavy atom. The van der Waals surface area contributed by atoms with E-state index in [2.05, 4.69) is 19.2 Å². The van der Waals surface area contributed by atoms with Crippen molar-refractivity contribution in [3.05, 3.63) is 27.1 Å². The van der Waals surface area contributed by atoms with Gasteiger partial charge in [-0.25, -0.2) is 0 Å². The van der Waals surface area contributed by atoms with Gasteiger partial charge in [0.15, 0.2) is 0 Å². The van der Waals surface area contributed by atoms with Crippen LogP contribution in [0.25, 0.3) is 0 Å². The number of thiophene rings is 1. The quantitative estimate of drug-likeness (QED) is 0.618. The van der Waals surface area contributed by atoms with Crippen LogP contribution in [0.3, 0.4) is 0 Å². The van der Waals surface area contributed by atoms with Crippen molar-refractivity contribution in [3.63, 3.8) is 0 Å². The van der Waals surface area contributed by atoms with E-state index >= 15 is 0 Å². The normalized spacial score (nSPS) is 14.2. The zero-order valence-corrected chi connectivity index (χ0v) is 12.1. The maximum Gasteiger partial charge on any atom is 0.324 e. The third kappa shape index (κ3) is 4.29. The first-order valence-corrected chi connectivity index (χ1v) is 6.91. The number of rotatable bonds is 6. The Morgan fingerprint density at radius 1 is 1.63 bits per heavy atom. The maximum absolute atomic E-state index is 12.1. The molecule has 106 valence electrons. The summed E-state index contributed by atoms with van der Waals surface area (Å²) in [5.41, 5.74) is 5.52. The molecule has 0 radical (unpaired) electrons. The molecule has 1 amide bonds. The van der Waals surface area contributed by atoms with Crippen LogP contribution in [0.4, 0.5) is 5.00 Å². The number of hydrogen-bond donors (Lipinski definition) is 2. The Balaban J connectivity index is 2.79. The maximum atomic E-state index is 12.1. The minimum atomic E-state index is -0.502. The van der Waals surface area contributed by atoms with Crippen LogP contribution in [0, 0.1) is 16.0 Å². The molecule has 0 aliphatic heterocycles. The third-order valence-electron chi connectivity index (χ3n) is 2.75. The molecule has 1 aromatic rings. The van der Waals surface area contributed by atoms with Gasteiger partial charge in [-0.05, 0) is 19.3 Å². The van der Waals surface area contributed by atoms with E-state index in [1.165, 1.54) is 11.4 Å². The van der Waals surface area contributed by atoms with Crippen LogP contribution in [0.15, 0.2) is 11.4 Å². The predicted molar refractivity (Wildman–Crippen MR) is 75.4 cm³/mol. The number of nitro groups is 1. The molecule has 0 spiro atoms. The molecule has 19 heavy (non-hydrogen) atoms. The van der Waals surface area contributed by atoms with Gasteiger partial charge >= 0.3 is 5.00 Å². The van der Waals surface area contributed by atoms with E-state index in [1.54, 1.807) is 0 Å². The first kappa shape index (κ1) is 15.6. The van der Waals surface area contributed by atoms with E-state index < -0.39 is 10.5 Å². The topological polar surface area (TPSA) is 98.3 Å². The van der Waals surface area contributed by atoms with Crippen LogP contribution in [0.2, 0.25) is 0 Å². The number of carbonyl (C=O) groups is 1. The lowest BCUT2D eigenvalue weighted by Gasteiger charge is -2.31. The molecular formula is C12H19N3O3S. The van der Waals surface area contributed by atoms with Gasteiger partial charge < -0.3 is 11.1 Å². The number of nitrogens with zero attached hydrogens (tertiary/aromatic N) is 1. The van der Waals surface area contributed by atoms with Gasteiger partial charge in [-0.2, -0.15) is 0 Å². The van der Waals surface area contributed by atoms with E-state index in [0.717, 1.165) is 17.8 Å². The molecule has 0 bridgehead atoms. The highest BCUT2D eigenvalue weighted by atomic mass is 32.1. The summed E-state index contributed by atoms with van der Waals surface area (Å²) >= 11 is 0.942. The highest BCUT2D eigenvalue weighted by Crippen LogP contribution is 2.23. The molecule has 1 heterocycles. The molecule has 3 N–H and O–H groups in total. The molecule has 1 unspecified atom stereocenters. The molecule has 1 atom stereocenters. The lowest BCUT2D eigenvalue weighted by atomic mass is 9.90. The molecule has 7 heteroatoms. The summed E-state index contributed by atoms with van der Waals surface area (Å²) in [6.07, 6.45) is 0.751. The first-order valence-electron chi connectivity index (χ1n) is 6.03. The van der Waals surface area contributed by atoms with Crippen molar-refractivity contribution in [2.45, 2.75) is 32.7 Å². The SMILES string of the molecule is CC(C)CC(C)(CN)NC(=O)c1csc([N+](=O)[O-])c1. The summed E-state index contributed by atoms with van der Waals surface area (Å²) in [5.74, 6) is 0.0728. The smallest absolute Gasteiger partial charge is 0.324 e. The first-order chi connectivity index (χ1) is 8.77. The third-order valence-corrected chi connectivity index (χ3v) is 3.63. The van der Waals surface area contributed by atoms with Crippen molar-refractivity contribution in [1.82, 2.24) is 5.32 Å². The Labute approximate surface area is 116 Å². The van der Waals surface area contributed by atoms with Crippen LogP contribution >= 0.6 is 11.3 Å². The minimum Gasteiger partial charge on any atom is -0.346 e. The van der Waals surface area contributed by atoms with Gasteiger partial charge in [0.05, 0.1) is 10.5 Å². The van der Waals surface area contributed by atoms with Gasteiger partial charge in [0, 0.05) is 23.5 Å². The largest absolute Gasteiger partial charge is 0.346 e. The number of hydrogen-bond acceptors (Lipinski definition) is 5. The zero-order valence-electron chi connectivity index (χ0n) is 11.3. The second-order valence-corrected chi connectivity index (χ2v) is 6.14. The van der Waals surface area contributed by atoms with E-state index in [1.807, 2.05) is 6.92 Å². The minimum absolute atomic E-state index is 0.0385. The molecule has 0 fully saturated rings. The average molecular weight is 285 g/mol. The van der Waals surface area contributed by atoms with Crippen molar-refractivity contribution in [3.8, 4) is 0 Å². The van der Waals surface area contributed by atoms with Crippen LogP contribution in [0.5, 0.6) is 0 Å². The molecule has 0 aromatic carbocycles. The van der Waals surface area contributed by atoms with Gasteiger partial charge in [0.2, 0.25) is 0 Å². The van der Waals surface area contributed by atoms with Crippen molar-refractivity contribution < 1.29 is 9.72 Å². The molecular weight excluding hydrogens is 266 g/mol. The highest BCUT2D eigenvalue weighted by molar-refractivity contribution is 7.13. The fourth-order valence-electron chi connectivity index (χ4n) is 1.97. The Kier molecular flexibility index (Phi) is 5.02.